The number of urea groups is 1. The number of hydrogen-bond acceptors (Lipinski definition) is 3. The normalized spacial score (nSPS) is 24.1. The maximum Gasteiger partial charge on any atom is 0.317 e. The third-order valence-electron chi connectivity index (χ3n) is 4.66. The Hall–Kier alpha value is -1.30. The molecule has 1 spiro atoms. The zero-order valence-electron chi connectivity index (χ0n) is 12.4. The molecular weight excluding hydrogens is 258 g/mol. The maximum atomic E-state index is 11.8. The van der Waals surface area contributed by atoms with Crippen molar-refractivity contribution in [3.8, 4) is 0 Å². The molecule has 114 valence electrons. The molecule has 1 aliphatic heterocycles. The van der Waals surface area contributed by atoms with E-state index in [4.69, 9.17) is 4.74 Å². The average Bonchev–Trinajstić information content (AvgIpc) is 2.44. The van der Waals surface area contributed by atoms with Gasteiger partial charge < -0.3 is 20.3 Å². The summed E-state index contributed by atoms with van der Waals surface area (Å²) in [6.07, 6.45) is 4.13. The Labute approximate surface area is 120 Å². The van der Waals surface area contributed by atoms with Crippen LogP contribution in [-0.4, -0.2) is 56.2 Å². The fourth-order valence-corrected chi connectivity index (χ4v) is 3.31. The first-order chi connectivity index (χ1) is 9.61. The number of nitrogens with one attached hydrogen (secondary N) is 2. The van der Waals surface area contributed by atoms with Gasteiger partial charge in [0.05, 0.1) is 0 Å². The number of carbonyl (C=O) groups excluding carboxylic acids is 2. The van der Waals surface area contributed by atoms with E-state index in [1.807, 2.05) is 11.8 Å². The van der Waals surface area contributed by atoms with Crippen LogP contribution in [0.3, 0.4) is 0 Å². The average molecular weight is 283 g/mol. The third kappa shape index (κ3) is 3.06. The highest BCUT2D eigenvalue weighted by Crippen LogP contribution is 2.49. The molecule has 6 heteroatoms. The highest BCUT2D eigenvalue weighted by Gasteiger charge is 2.49. The van der Waals surface area contributed by atoms with Crippen molar-refractivity contribution in [1.82, 2.24) is 15.5 Å². The molecule has 20 heavy (non-hydrogen) atoms. The van der Waals surface area contributed by atoms with Gasteiger partial charge in [-0.2, -0.15) is 0 Å². The van der Waals surface area contributed by atoms with Crippen LogP contribution in [0.15, 0.2) is 0 Å². The van der Waals surface area contributed by atoms with E-state index >= 15 is 0 Å². The minimum atomic E-state index is -0.0391. The van der Waals surface area contributed by atoms with Crippen LogP contribution >= 0.6 is 0 Å². The summed E-state index contributed by atoms with van der Waals surface area (Å²) < 4.78 is 4.85. The number of piperidine rings is 1. The molecule has 6 nitrogen and oxygen atoms in total. The van der Waals surface area contributed by atoms with Gasteiger partial charge in [0.1, 0.15) is 6.61 Å². The number of hydrogen-bond donors (Lipinski definition) is 2. The van der Waals surface area contributed by atoms with Crippen molar-refractivity contribution in [3.63, 3.8) is 0 Å². The summed E-state index contributed by atoms with van der Waals surface area (Å²) >= 11 is 0. The molecule has 2 aliphatic rings. The molecule has 0 aromatic heterocycles. The highest BCUT2D eigenvalue weighted by molar-refractivity contribution is 5.77. The predicted molar refractivity (Wildman–Crippen MR) is 75.4 cm³/mol. The van der Waals surface area contributed by atoms with Crippen LogP contribution in [0.1, 0.15) is 32.6 Å². The van der Waals surface area contributed by atoms with Gasteiger partial charge in [0.15, 0.2) is 0 Å². The molecule has 1 saturated carbocycles. The number of methoxy groups -OCH3 is 1. The molecule has 3 amide bonds. The Bertz CT molecular complexity index is 365. The fourth-order valence-electron chi connectivity index (χ4n) is 3.31. The van der Waals surface area contributed by atoms with Crippen LogP contribution in [-0.2, 0) is 9.53 Å². The van der Waals surface area contributed by atoms with E-state index in [1.54, 1.807) is 0 Å². The number of amides is 3. The van der Waals surface area contributed by atoms with Crippen molar-refractivity contribution >= 4 is 11.9 Å². The Balaban J connectivity index is 1.83. The number of likely N-dealkylation sites (tertiary alicyclic amines) is 1. The summed E-state index contributed by atoms with van der Waals surface area (Å²) in [5, 5.41) is 5.90. The van der Waals surface area contributed by atoms with Crippen LogP contribution in [0.25, 0.3) is 0 Å². The quantitative estimate of drug-likeness (QED) is 0.799. The molecule has 0 bridgehead atoms. The van der Waals surface area contributed by atoms with Gasteiger partial charge in [0.2, 0.25) is 5.91 Å². The van der Waals surface area contributed by atoms with Crippen LogP contribution in [0.4, 0.5) is 4.79 Å². The molecule has 1 saturated heterocycles. The molecule has 1 aliphatic carbocycles. The summed E-state index contributed by atoms with van der Waals surface area (Å²) in [6, 6.07) is 0.281. The van der Waals surface area contributed by atoms with Gasteiger partial charge in [-0.15, -0.1) is 0 Å². The number of rotatable bonds is 4. The summed E-state index contributed by atoms with van der Waals surface area (Å²) in [4.78, 5) is 25.3. The highest BCUT2D eigenvalue weighted by atomic mass is 16.5. The molecule has 2 rings (SSSR count). The standard InChI is InChI=1S/C14H25N3O3/c1-3-15-13(19)17-8-6-14(7-9-17)5-4-11(14)16-12(18)10-20-2/h11H,3-10H2,1-2H3,(H,15,19)(H,16,18). The van der Waals surface area contributed by atoms with E-state index in [9.17, 15) is 9.59 Å². The maximum absolute atomic E-state index is 11.8. The van der Waals surface area contributed by atoms with E-state index in [1.165, 1.54) is 7.11 Å². The van der Waals surface area contributed by atoms with Crippen molar-refractivity contribution < 1.29 is 14.3 Å². The molecule has 1 heterocycles. The van der Waals surface area contributed by atoms with E-state index in [0.29, 0.717) is 6.54 Å². The van der Waals surface area contributed by atoms with Gasteiger partial charge in [-0.05, 0) is 38.0 Å². The number of nitrogens with zero attached hydrogens (tertiary/aromatic N) is 1. The Morgan fingerprint density at radius 2 is 2.00 bits per heavy atom. The van der Waals surface area contributed by atoms with Crippen LogP contribution in [0, 0.1) is 5.41 Å². The Morgan fingerprint density at radius 3 is 2.50 bits per heavy atom. The van der Waals surface area contributed by atoms with Gasteiger partial charge in [0.25, 0.3) is 0 Å². The molecule has 0 aromatic carbocycles. The minimum Gasteiger partial charge on any atom is -0.375 e. The van der Waals surface area contributed by atoms with E-state index in [-0.39, 0.29) is 30.0 Å². The molecule has 0 aromatic rings. The first kappa shape index (κ1) is 15.1. The molecule has 0 radical (unpaired) electrons. The minimum absolute atomic E-state index is 0.0293. The van der Waals surface area contributed by atoms with Gasteiger partial charge >= 0.3 is 6.03 Å². The van der Waals surface area contributed by atoms with Crippen LogP contribution < -0.4 is 10.6 Å². The zero-order valence-corrected chi connectivity index (χ0v) is 12.4. The lowest BCUT2D eigenvalue weighted by molar-refractivity contribution is -0.129. The Kier molecular flexibility index (Phi) is 4.86. The summed E-state index contributed by atoms with van der Waals surface area (Å²) in [5.74, 6) is -0.0391. The van der Waals surface area contributed by atoms with E-state index in [0.717, 1.165) is 38.8 Å². The molecule has 1 unspecified atom stereocenters. The van der Waals surface area contributed by atoms with Crippen molar-refractivity contribution in [2.45, 2.75) is 38.6 Å². The lowest BCUT2D eigenvalue weighted by Gasteiger charge is -2.54. The van der Waals surface area contributed by atoms with Gasteiger partial charge in [-0.3, -0.25) is 4.79 Å². The third-order valence-corrected chi connectivity index (χ3v) is 4.66. The summed E-state index contributed by atoms with van der Waals surface area (Å²) in [7, 11) is 1.53. The fraction of sp³-hybridized carbons (Fsp3) is 0.857. The molecule has 2 N–H and O–H groups in total. The van der Waals surface area contributed by atoms with Crippen molar-refractivity contribution in [3.05, 3.63) is 0 Å². The first-order valence-electron chi connectivity index (χ1n) is 7.42. The number of carbonyl (C=O) groups is 2. The first-order valence-corrected chi connectivity index (χ1v) is 7.42. The second kappa shape index (κ2) is 6.43. The van der Waals surface area contributed by atoms with E-state index in [2.05, 4.69) is 10.6 Å². The SMILES string of the molecule is CCNC(=O)N1CCC2(CCC2NC(=O)COC)CC1. The molecule has 2 fully saturated rings. The van der Waals surface area contributed by atoms with Gasteiger partial charge in [-0.25, -0.2) is 4.79 Å². The number of ether oxygens (including phenoxy) is 1. The van der Waals surface area contributed by atoms with Crippen LogP contribution in [0.2, 0.25) is 0 Å². The smallest absolute Gasteiger partial charge is 0.317 e. The van der Waals surface area contributed by atoms with Gasteiger partial charge in [-0.1, -0.05) is 0 Å². The summed E-state index contributed by atoms with van der Waals surface area (Å²) in [5.41, 5.74) is 0.201. The topological polar surface area (TPSA) is 70.7 Å². The van der Waals surface area contributed by atoms with E-state index < -0.39 is 0 Å². The zero-order chi connectivity index (χ0) is 14.6. The monoisotopic (exact) mass is 283 g/mol. The predicted octanol–water partition coefficient (Wildman–Crippen LogP) is 0.723. The van der Waals surface area contributed by atoms with Gasteiger partial charge in [0, 0.05) is 32.8 Å². The summed E-state index contributed by atoms with van der Waals surface area (Å²) in [6.45, 7) is 4.27. The Morgan fingerprint density at radius 1 is 1.30 bits per heavy atom. The molecular formula is C14H25N3O3. The second-order valence-electron chi connectivity index (χ2n) is 5.78. The van der Waals surface area contributed by atoms with Crippen molar-refractivity contribution in [2.75, 3.05) is 33.4 Å². The van der Waals surface area contributed by atoms with Crippen LogP contribution in [0.5, 0.6) is 0 Å². The van der Waals surface area contributed by atoms with Crippen molar-refractivity contribution in [1.29, 1.82) is 0 Å². The largest absolute Gasteiger partial charge is 0.375 e. The lowest BCUT2D eigenvalue weighted by Crippen LogP contribution is -2.60. The lowest BCUT2D eigenvalue weighted by atomic mass is 9.59. The molecule has 1 atom stereocenters. The van der Waals surface area contributed by atoms with Crippen molar-refractivity contribution in [2.24, 2.45) is 5.41 Å². The second-order valence-corrected chi connectivity index (χ2v) is 5.78.